The van der Waals surface area contributed by atoms with E-state index in [4.69, 9.17) is 0 Å². The fourth-order valence-corrected chi connectivity index (χ4v) is 6.48. The van der Waals surface area contributed by atoms with Gasteiger partial charge in [-0.1, -0.05) is 79.4 Å². The lowest BCUT2D eigenvalue weighted by Gasteiger charge is -2.27. The number of carbonyl (C=O) groups excluding carboxylic acids is 1. The summed E-state index contributed by atoms with van der Waals surface area (Å²) in [5.74, 6) is -0.511. The van der Waals surface area contributed by atoms with Crippen LogP contribution in [0.25, 0.3) is 0 Å². The first-order valence-electron chi connectivity index (χ1n) is 10.3. The van der Waals surface area contributed by atoms with Crippen LogP contribution >= 0.6 is 0 Å². The summed E-state index contributed by atoms with van der Waals surface area (Å²) in [6, 6.07) is 16.2. The number of Topliss-reactive ketones (excluding diaryl/α,β-unsaturated/α-hetero) is 1. The minimum Gasteiger partial charge on any atom is -0.300 e. The number of benzene rings is 2. The van der Waals surface area contributed by atoms with Crippen molar-refractivity contribution in [3.63, 3.8) is 0 Å². The van der Waals surface area contributed by atoms with Gasteiger partial charge < -0.3 is 0 Å². The molecule has 30 heavy (non-hydrogen) atoms. The van der Waals surface area contributed by atoms with Crippen molar-refractivity contribution in [3.05, 3.63) is 77.5 Å². The van der Waals surface area contributed by atoms with Crippen LogP contribution in [0.4, 0.5) is 0 Å². The Kier molecular flexibility index (Phi) is 6.50. The predicted octanol–water partition coefficient (Wildman–Crippen LogP) is 5.00. The summed E-state index contributed by atoms with van der Waals surface area (Å²) in [4.78, 5) is 12.8. The van der Waals surface area contributed by atoms with Crippen molar-refractivity contribution in [1.82, 2.24) is 4.31 Å². The van der Waals surface area contributed by atoms with Gasteiger partial charge in [-0.2, -0.15) is 4.31 Å². The molecule has 0 unspecified atom stereocenters. The third-order valence-electron chi connectivity index (χ3n) is 5.63. The monoisotopic (exact) mass is 441 g/mol. The Labute approximate surface area is 181 Å². The van der Waals surface area contributed by atoms with Crippen molar-refractivity contribution in [2.75, 3.05) is 6.54 Å². The number of hydrogen-bond acceptors (Lipinski definition) is 3. The van der Waals surface area contributed by atoms with E-state index in [1.54, 1.807) is 19.1 Å². The Morgan fingerprint density at radius 3 is 2.17 bits per heavy atom. The predicted molar refractivity (Wildman–Crippen MR) is 124 cm³/mol. The molecule has 0 aromatic heterocycles. The van der Waals surface area contributed by atoms with Crippen LogP contribution in [0.2, 0.25) is 19.6 Å². The van der Waals surface area contributed by atoms with Gasteiger partial charge in [0.15, 0.2) is 0 Å². The average Bonchev–Trinajstić information content (AvgIpc) is 3.07. The largest absolute Gasteiger partial charge is 0.300 e. The Balaban J connectivity index is 2.14. The van der Waals surface area contributed by atoms with E-state index in [2.05, 4.69) is 31.4 Å². The first-order chi connectivity index (χ1) is 14.0. The summed E-state index contributed by atoms with van der Waals surface area (Å²) < 4.78 is 28.8. The summed E-state index contributed by atoms with van der Waals surface area (Å²) in [6.07, 6.45) is 2.11. The molecule has 1 saturated heterocycles. The highest BCUT2D eigenvalue weighted by Crippen LogP contribution is 2.45. The van der Waals surface area contributed by atoms with Crippen LogP contribution in [-0.2, 0) is 14.8 Å². The molecule has 2 aromatic rings. The Morgan fingerprint density at radius 2 is 1.63 bits per heavy atom. The van der Waals surface area contributed by atoms with E-state index in [-0.39, 0.29) is 29.1 Å². The molecule has 0 spiro atoms. The maximum absolute atomic E-state index is 13.6. The summed E-state index contributed by atoms with van der Waals surface area (Å²) in [7, 11) is -5.26. The van der Waals surface area contributed by atoms with Crippen molar-refractivity contribution in [3.8, 4) is 0 Å². The lowest BCUT2D eigenvalue weighted by Crippen LogP contribution is -2.32. The number of hydrogen-bond donors (Lipinski definition) is 0. The zero-order valence-electron chi connectivity index (χ0n) is 18.4. The van der Waals surface area contributed by atoms with E-state index >= 15 is 0 Å². The number of carbonyl (C=O) groups is 1. The molecule has 0 saturated carbocycles. The van der Waals surface area contributed by atoms with Gasteiger partial charge in [-0.25, -0.2) is 8.42 Å². The van der Waals surface area contributed by atoms with Crippen molar-refractivity contribution >= 4 is 23.9 Å². The van der Waals surface area contributed by atoms with Crippen molar-refractivity contribution in [2.45, 2.75) is 44.4 Å². The molecule has 0 aliphatic carbocycles. The zero-order valence-corrected chi connectivity index (χ0v) is 20.2. The summed E-state index contributed by atoms with van der Waals surface area (Å²) >= 11 is 0. The smallest absolute Gasteiger partial charge is 0.243 e. The molecule has 1 fully saturated rings. The highest BCUT2D eigenvalue weighted by atomic mass is 32.2. The van der Waals surface area contributed by atoms with Crippen LogP contribution in [0.3, 0.4) is 0 Å². The molecular formula is C24H31NO3SSi. The van der Waals surface area contributed by atoms with Crippen LogP contribution in [-0.4, -0.2) is 33.1 Å². The van der Waals surface area contributed by atoms with Gasteiger partial charge in [-0.05, 0) is 31.5 Å². The second-order valence-corrected chi connectivity index (χ2v) is 16.2. The average molecular weight is 442 g/mol. The SMILES string of the molecule is CC(=O)[C@H]1CN(S(=O)(=O)c2ccc(C)cc2)[C@H](c2ccccc2)[C@@H]1/C=C\[Si](C)(C)C. The molecular weight excluding hydrogens is 410 g/mol. The molecule has 1 aliphatic heterocycles. The molecule has 0 amide bonds. The van der Waals surface area contributed by atoms with Crippen LogP contribution in [0.5, 0.6) is 0 Å². The minimum absolute atomic E-state index is 0.0303. The van der Waals surface area contributed by atoms with Crippen LogP contribution < -0.4 is 0 Å². The quantitative estimate of drug-likeness (QED) is 0.593. The second-order valence-electron chi connectivity index (χ2n) is 9.26. The van der Waals surface area contributed by atoms with Gasteiger partial charge in [-0.15, -0.1) is 0 Å². The fraction of sp³-hybridized carbons (Fsp3) is 0.375. The molecule has 1 aliphatic rings. The van der Waals surface area contributed by atoms with Crippen molar-refractivity contribution < 1.29 is 13.2 Å². The number of aryl methyl sites for hydroxylation is 1. The van der Waals surface area contributed by atoms with E-state index in [9.17, 15) is 13.2 Å². The van der Waals surface area contributed by atoms with Gasteiger partial charge in [0.2, 0.25) is 10.0 Å². The highest BCUT2D eigenvalue weighted by Gasteiger charge is 2.48. The van der Waals surface area contributed by atoms with Gasteiger partial charge in [0, 0.05) is 18.4 Å². The maximum Gasteiger partial charge on any atom is 0.243 e. The van der Waals surface area contributed by atoms with Gasteiger partial charge in [0.25, 0.3) is 0 Å². The molecule has 160 valence electrons. The molecule has 4 nitrogen and oxygen atoms in total. The van der Waals surface area contributed by atoms with E-state index < -0.39 is 24.1 Å². The number of rotatable bonds is 6. The Hall–Kier alpha value is -2.02. The number of sulfonamides is 1. The summed E-state index contributed by atoms with van der Waals surface area (Å²) in [6.45, 7) is 10.4. The van der Waals surface area contributed by atoms with E-state index in [0.717, 1.165) is 11.1 Å². The standard InChI is InChI=1S/C24H31NO3SSi/c1-18-11-13-21(14-12-18)29(27,28)25-17-23(19(2)26)22(15-16-30(3,4)5)24(25)20-9-7-6-8-10-20/h6-16,22-24H,17H2,1-5H3/b16-15-/t22-,23-,24-/m1/s1. The van der Waals surface area contributed by atoms with E-state index in [1.807, 2.05) is 49.4 Å². The first-order valence-corrected chi connectivity index (χ1v) is 15.4. The van der Waals surface area contributed by atoms with Crippen LogP contribution in [0, 0.1) is 18.8 Å². The van der Waals surface area contributed by atoms with Crippen LogP contribution in [0.15, 0.2) is 71.3 Å². The summed E-state index contributed by atoms with van der Waals surface area (Å²) in [5, 5.41) is 0. The first kappa shape index (κ1) is 22.7. The maximum atomic E-state index is 13.6. The lowest BCUT2D eigenvalue weighted by molar-refractivity contribution is -0.121. The molecule has 6 heteroatoms. The number of ketones is 1. The molecule has 0 N–H and O–H groups in total. The number of nitrogens with zero attached hydrogens (tertiary/aromatic N) is 1. The third kappa shape index (κ3) is 4.82. The highest BCUT2D eigenvalue weighted by molar-refractivity contribution is 7.89. The molecule has 1 heterocycles. The molecule has 3 atom stereocenters. The molecule has 0 bridgehead atoms. The lowest BCUT2D eigenvalue weighted by atomic mass is 9.85. The van der Waals surface area contributed by atoms with Gasteiger partial charge >= 0.3 is 0 Å². The Morgan fingerprint density at radius 1 is 1.03 bits per heavy atom. The van der Waals surface area contributed by atoms with E-state index in [0.29, 0.717) is 0 Å². The van der Waals surface area contributed by atoms with Crippen molar-refractivity contribution in [1.29, 1.82) is 0 Å². The normalized spacial score (nSPS) is 23.2. The molecule has 0 radical (unpaired) electrons. The topological polar surface area (TPSA) is 54.5 Å². The molecule has 3 rings (SSSR count). The summed E-state index contributed by atoms with van der Waals surface area (Å²) in [5.41, 5.74) is 4.15. The third-order valence-corrected chi connectivity index (χ3v) is 8.68. The van der Waals surface area contributed by atoms with Gasteiger partial charge in [-0.3, -0.25) is 4.79 Å². The van der Waals surface area contributed by atoms with E-state index in [1.165, 1.54) is 4.31 Å². The Bertz CT molecular complexity index is 1020. The fourth-order valence-electron chi connectivity index (χ4n) is 4.01. The zero-order chi connectivity index (χ0) is 22.1. The second kappa shape index (κ2) is 8.61. The van der Waals surface area contributed by atoms with Gasteiger partial charge in [0.05, 0.1) is 19.0 Å². The van der Waals surface area contributed by atoms with Crippen molar-refractivity contribution in [2.24, 2.45) is 11.8 Å². The van der Waals surface area contributed by atoms with Crippen LogP contribution in [0.1, 0.15) is 24.1 Å². The van der Waals surface area contributed by atoms with Gasteiger partial charge in [0.1, 0.15) is 5.78 Å². The minimum atomic E-state index is -3.75. The molecule has 2 aromatic carbocycles.